The molecule has 0 bridgehead atoms. The van der Waals surface area contributed by atoms with Crippen LogP contribution in [0.2, 0.25) is 5.02 Å². The zero-order chi connectivity index (χ0) is 28.4. The number of unbranched alkanes of at least 4 members (excludes halogenated alkanes) is 1. The number of carboxylic acids is 1. The Hall–Kier alpha value is -4.04. The summed E-state index contributed by atoms with van der Waals surface area (Å²) in [6.07, 6.45) is 6.70. The third-order valence-corrected chi connectivity index (χ3v) is 7.38. The van der Waals surface area contributed by atoms with Crippen molar-refractivity contribution in [1.29, 1.82) is 0 Å². The average Bonchev–Trinajstić information content (AvgIpc) is 3.00. The van der Waals surface area contributed by atoms with Crippen molar-refractivity contribution in [2.75, 3.05) is 31.5 Å². The molecule has 0 radical (unpaired) electrons. The van der Waals surface area contributed by atoms with Gasteiger partial charge in [-0.05, 0) is 74.3 Å². The number of aromatic nitrogens is 2. The normalized spacial score (nSPS) is 11.2. The van der Waals surface area contributed by atoms with Gasteiger partial charge < -0.3 is 21.1 Å². The minimum absolute atomic E-state index is 0.223. The quantitative estimate of drug-likeness (QED) is 0.0868. The first kappa shape index (κ1) is 28.5. The molecule has 210 valence electrons. The van der Waals surface area contributed by atoms with Crippen LogP contribution < -0.4 is 16.0 Å². The van der Waals surface area contributed by atoms with Crippen LogP contribution in [0.1, 0.15) is 35.2 Å². The third kappa shape index (κ3) is 7.38. The second kappa shape index (κ2) is 14.0. The predicted molar refractivity (Wildman–Crippen MR) is 168 cm³/mol. The average molecular weight is 568 g/mol. The van der Waals surface area contributed by atoms with Gasteiger partial charge >= 0.3 is 5.97 Å². The first-order chi connectivity index (χ1) is 20.1. The fourth-order valence-corrected chi connectivity index (χ4v) is 5.23. The SMILES string of the molecule is O=C(O)c1ccc2c(c1)nc(NCCCNCCCCNCc1ccc(-c3ccccc3)c(Cl)c1)c1ccncc12. The Kier molecular flexibility index (Phi) is 9.75. The molecule has 2 heterocycles. The molecular weight excluding hydrogens is 534 g/mol. The molecule has 7 nitrogen and oxygen atoms in total. The summed E-state index contributed by atoms with van der Waals surface area (Å²) >= 11 is 6.53. The number of nitrogens with one attached hydrogen (secondary N) is 3. The minimum Gasteiger partial charge on any atom is -0.478 e. The van der Waals surface area contributed by atoms with Crippen molar-refractivity contribution in [2.45, 2.75) is 25.8 Å². The molecule has 4 N–H and O–H groups in total. The molecule has 8 heteroatoms. The lowest BCUT2D eigenvalue weighted by molar-refractivity contribution is 0.0697. The summed E-state index contributed by atoms with van der Waals surface area (Å²) in [7, 11) is 0. The highest BCUT2D eigenvalue weighted by molar-refractivity contribution is 6.33. The maximum atomic E-state index is 11.4. The number of fused-ring (bicyclic) bond motifs is 3. The van der Waals surface area contributed by atoms with E-state index >= 15 is 0 Å². The van der Waals surface area contributed by atoms with Gasteiger partial charge in [-0.2, -0.15) is 0 Å². The second-order valence-electron chi connectivity index (χ2n) is 10.0. The molecule has 0 saturated carbocycles. The summed E-state index contributed by atoms with van der Waals surface area (Å²) in [5, 5.41) is 23.4. The highest BCUT2D eigenvalue weighted by Crippen LogP contribution is 2.30. The van der Waals surface area contributed by atoms with Crippen LogP contribution in [0.15, 0.2) is 85.2 Å². The molecule has 5 rings (SSSR count). The summed E-state index contributed by atoms with van der Waals surface area (Å²) in [5.74, 6) is -0.213. The largest absolute Gasteiger partial charge is 0.478 e. The lowest BCUT2D eigenvalue weighted by Crippen LogP contribution is -2.21. The molecule has 0 fully saturated rings. The Balaban J connectivity index is 0.994. The van der Waals surface area contributed by atoms with Crippen LogP contribution in [-0.2, 0) is 6.54 Å². The van der Waals surface area contributed by atoms with Crippen molar-refractivity contribution in [3.05, 3.63) is 101 Å². The van der Waals surface area contributed by atoms with Gasteiger partial charge in [0.15, 0.2) is 0 Å². The van der Waals surface area contributed by atoms with Gasteiger partial charge in [0.25, 0.3) is 0 Å². The summed E-state index contributed by atoms with van der Waals surface area (Å²) in [4.78, 5) is 20.4. The number of aromatic carboxylic acids is 1. The van der Waals surface area contributed by atoms with E-state index in [0.717, 1.165) is 90.1 Å². The molecule has 0 aliphatic rings. The molecule has 5 aromatic rings. The number of carboxylic acid groups (broad SMARTS) is 1. The number of carbonyl (C=O) groups is 1. The van der Waals surface area contributed by atoms with Crippen molar-refractivity contribution in [1.82, 2.24) is 20.6 Å². The molecule has 0 aliphatic carbocycles. The van der Waals surface area contributed by atoms with E-state index in [4.69, 9.17) is 16.6 Å². The van der Waals surface area contributed by atoms with Crippen LogP contribution in [-0.4, -0.2) is 47.2 Å². The molecule has 0 unspecified atom stereocenters. The Bertz CT molecular complexity index is 1630. The van der Waals surface area contributed by atoms with Crippen LogP contribution in [0.5, 0.6) is 0 Å². The first-order valence-electron chi connectivity index (χ1n) is 14.0. The fraction of sp³-hybridized carbons (Fsp3) is 0.242. The fourth-order valence-electron chi connectivity index (χ4n) is 4.91. The van der Waals surface area contributed by atoms with Crippen molar-refractivity contribution in [3.8, 4) is 11.1 Å². The number of pyridine rings is 2. The standard InChI is InChI=1S/C33H34ClN5O2/c34-30-19-23(9-11-26(30)24-7-2-1-3-8-24)21-36-15-5-4-14-35-16-6-17-38-32-28-13-18-37-22-29(28)27-12-10-25(33(40)41)20-31(27)39-32/h1-3,7-13,18-20,22,35-36H,4-6,14-17,21H2,(H,38,39)(H,40,41). The number of nitrogens with zero attached hydrogens (tertiary/aromatic N) is 2. The van der Waals surface area contributed by atoms with Gasteiger partial charge in [-0.25, -0.2) is 9.78 Å². The maximum Gasteiger partial charge on any atom is 0.335 e. The summed E-state index contributed by atoms with van der Waals surface area (Å²) in [6.45, 7) is 4.40. The van der Waals surface area contributed by atoms with Gasteiger partial charge in [-0.3, -0.25) is 4.98 Å². The monoisotopic (exact) mass is 567 g/mol. The molecule has 3 aromatic carbocycles. The van der Waals surface area contributed by atoms with Gasteiger partial charge in [0, 0.05) is 52.2 Å². The predicted octanol–water partition coefficient (Wildman–Crippen LogP) is 6.76. The van der Waals surface area contributed by atoms with E-state index in [0.29, 0.717) is 5.52 Å². The molecule has 0 atom stereocenters. The van der Waals surface area contributed by atoms with E-state index in [1.165, 1.54) is 5.56 Å². The first-order valence-corrected chi connectivity index (χ1v) is 14.4. The summed E-state index contributed by atoms with van der Waals surface area (Å²) < 4.78 is 0. The molecule has 41 heavy (non-hydrogen) atoms. The van der Waals surface area contributed by atoms with Gasteiger partial charge in [0.1, 0.15) is 5.82 Å². The van der Waals surface area contributed by atoms with Crippen LogP contribution in [0, 0.1) is 0 Å². The highest BCUT2D eigenvalue weighted by atomic mass is 35.5. The van der Waals surface area contributed by atoms with Crippen LogP contribution in [0.25, 0.3) is 32.8 Å². The van der Waals surface area contributed by atoms with E-state index in [1.807, 2.05) is 30.3 Å². The lowest BCUT2D eigenvalue weighted by atomic mass is 10.0. The third-order valence-electron chi connectivity index (χ3n) is 7.07. The minimum atomic E-state index is -0.963. The van der Waals surface area contributed by atoms with Gasteiger partial charge in [-0.1, -0.05) is 60.1 Å². The summed E-state index contributed by atoms with van der Waals surface area (Å²) in [5.41, 5.74) is 4.25. The van der Waals surface area contributed by atoms with Crippen LogP contribution in [0.3, 0.4) is 0 Å². The van der Waals surface area contributed by atoms with E-state index in [-0.39, 0.29) is 5.56 Å². The van der Waals surface area contributed by atoms with Crippen molar-refractivity contribution >= 4 is 45.1 Å². The Morgan fingerprint density at radius 3 is 2.41 bits per heavy atom. The smallest absolute Gasteiger partial charge is 0.335 e. The Morgan fingerprint density at radius 1 is 0.805 bits per heavy atom. The van der Waals surface area contributed by atoms with Gasteiger partial charge in [-0.15, -0.1) is 0 Å². The van der Waals surface area contributed by atoms with Crippen molar-refractivity contribution in [2.24, 2.45) is 0 Å². The van der Waals surface area contributed by atoms with Gasteiger partial charge in [0.05, 0.1) is 11.1 Å². The van der Waals surface area contributed by atoms with Crippen molar-refractivity contribution < 1.29 is 9.90 Å². The molecule has 0 saturated heterocycles. The van der Waals surface area contributed by atoms with Crippen molar-refractivity contribution in [3.63, 3.8) is 0 Å². The number of anilines is 1. The van der Waals surface area contributed by atoms with Crippen LogP contribution >= 0.6 is 11.6 Å². The zero-order valence-corrected chi connectivity index (χ0v) is 23.6. The van der Waals surface area contributed by atoms with E-state index in [2.05, 4.69) is 45.2 Å². The maximum absolute atomic E-state index is 11.4. The number of hydrogen-bond donors (Lipinski definition) is 4. The molecular formula is C33H34ClN5O2. The highest BCUT2D eigenvalue weighted by Gasteiger charge is 2.11. The number of halogens is 1. The lowest BCUT2D eigenvalue weighted by Gasteiger charge is -2.12. The Labute approximate surface area is 245 Å². The number of rotatable bonds is 14. The van der Waals surface area contributed by atoms with E-state index in [9.17, 15) is 9.90 Å². The molecule has 0 amide bonds. The second-order valence-corrected chi connectivity index (χ2v) is 10.4. The molecule has 0 spiro atoms. The van der Waals surface area contributed by atoms with E-state index < -0.39 is 5.97 Å². The number of hydrogen-bond acceptors (Lipinski definition) is 6. The molecule has 2 aromatic heterocycles. The topological polar surface area (TPSA) is 99.2 Å². The summed E-state index contributed by atoms with van der Waals surface area (Å²) in [6, 6.07) is 23.5. The molecule has 0 aliphatic heterocycles. The number of benzene rings is 3. The van der Waals surface area contributed by atoms with Crippen LogP contribution in [0.4, 0.5) is 5.82 Å². The van der Waals surface area contributed by atoms with E-state index in [1.54, 1.807) is 30.6 Å². The zero-order valence-electron chi connectivity index (χ0n) is 22.9. The Morgan fingerprint density at radius 2 is 1.61 bits per heavy atom. The van der Waals surface area contributed by atoms with Gasteiger partial charge in [0.2, 0.25) is 0 Å².